The zero-order chi connectivity index (χ0) is 21.8. The van der Waals surface area contributed by atoms with Gasteiger partial charge in [0.15, 0.2) is 16.9 Å². The van der Waals surface area contributed by atoms with E-state index >= 15 is 0 Å². The second-order valence-corrected chi connectivity index (χ2v) is 7.72. The summed E-state index contributed by atoms with van der Waals surface area (Å²) in [7, 11) is 2.98. The number of fused-ring (bicyclic) bond motifs is 3. The summed E-state index contributed by atoms with van der Waals surface area (Å²) in [5, 5.41) is 14.1. The van der Waals surface area contributed by atoms with Gasteiger partial charge in [-0.15, -0.1) is 11.8 Å². The second kappa shape index (κ2) is 9.26. The molecule has 158 valence electrons. The van der Waals surface area contributed by atoms with Crippen LogP contribution in [0.2, 0.25) is 0 Å². The first kappa shape index (κ1) is 21.8. The Hall–Kier alpha value is -2.93. The molecule has 0 bridgehead atoms. The van der Waals surface area contributed by atoms with Crippen LogP contribution in [0.15, 0.2) is 46.1 Å². The molecule has 1 aliphatic carbocycles. The van der Waals surface area contributed by atoms with Crippen molar-refractivity contribution in [3.05, 3.63) is 57.8 Å². The lowest BCUT2D eigenvalue weighted by Crippen LogP contribution is -2.27. The van der Waals surface area contributed by atoms with E-state index in [0.29, 0.717) is 40.2 Å². The van der Waals surface area contributed by atoms with Crippen molar-refractivity contribution in [3.8, 4) is 28.4 Å². The zero-order valence-electron chi connectivity index (χ0n) is 17.4. The Morgan fingerprint density at radius 2 is 2.03 bits per heavy atom. The predicted molar refractivity (Wildman–Crippen MR) is 119 cm³/mol. The highest BCUT2D eigenvalue weighted by Crippen LogP contribution is 2.49. The Balaban J connectivity index is 2.33. The molecule has 1 amide bonds. The van der Waals surface area contributed by atoms with Gasteiger partial charge in [-0.2, -0.15) is 0 Å². The number of hydrogen-bond donors (Lipinski definition) is 2. The summed E-state index contributed by atoms with van der Waals surface area (Å²) in [6, 6.07) is 6.60. The van der Waals surface area contributed by atoms with Gasteiger partial charge < -0.3 is 19.9 Å². The van der Waals surface area contributed by atoms with Gasteiger partial charge in [-0.1, -0.05) is 12.1 Å². The summed E-state index contributed by atoms with van der Waals surface area (Å²) in [5.41, 5.74) is 2.67. The third kappa shape index (κ3) is 4.03. The van der Waals surface area contributed by atoms with Gasteiger partial charge in [-0.05, 0) is 67.0 Å². The minimum atomic E-state index is -0.387. The van der Waals surface area contributed by atoms with Gasteiger partial charge in [0.05, 0.1) is 25.2 Å². The minimum Gasteiger partial charge on any atom is -0.504 e. The Bertz CT molecular complexity index is 1060. The molecule has 1 aliphatic rings. The minimum absolute atomic E-state index is 0.0436. The molecule has 0 saturated carbocycles. The summed E-state index contributed by atoms with van der Waals surface area (Å²) >= 11 is 1.36. The highest BCUT2D eigenvalue weighted by molar-refractivity contribution is 7.98. The number of nitrogens with one attached hydrogen (secondary N) is 1. The van der Waals surface area contributed by atoms with Crippen molar-refractivity contribution in [3.63, 3.8) is 0 Å². The Morgan fingerprint density at radius 3 is 2.67 bits per heavy atom. The molecule has 0 saturated heterocycles. The molecule has 0 aromatic heterocycles. The molecule has 0 unspecified atom stereocenters. The van der Waals surface area contributed by atoms with Gasteiger partial charge in [0.1, 0.15) is 0 Å². The molecular formula is C23H25NO5S. The number of carbonyl (C=O) groups excluding carboxylic acids is 1. The summed E-state index contributed by atoms with van der Waals surface area (Å²) in [6.07, 6.45) is 6.10. The van der Waals surface area contributed by atoms with Crippen molar-refractivity contribution in [2.75, 3.05) is 20.5 Å². The fraction of sp³-hybridized carbons (Fsp3) is 0.304. The first-order valence-electron chi connectivity index (χ1n) is 9.57. The summed E-state index contributed by atoms with van der Waals surface area (Å²) < 4.78 is 10.8. The second-order valence-electron chi connectivity index (χ2n) is 6.87. The van der Waals surface area contributed by atoms with Crippen molar-refractivity contribution >= 4 is 17.7 Å². The molecule has 2 aromatic carbocycles. The third-order valence-electron chi connectivity index (χ3n) is 5.17. The topological polar surface area (TPSA) is 84.9 Å². The highest BCUT2D eigenvalue weighted by Gasteiger charge is 2.28. The summed E-state index contributed by atoms with van der Waals surface area (Å²) in [6.45, 7) is 1.77. The number of rotatable bonds is 5. The first-order chi connectivity index (χ1) is 14.4. The maximum absolute atomic E-state index is 12.8. The monoisotopic (exact) mass is 427 g/mol. The van der Waals surface area contributed by atoms with E-state index in [9.17, 15) is 14.7 Å². The molecule has 3 rings (SSSR count). The van der Waals surface area contributed by atoms with E-state index in [-0.39, 0.29) is 28.9 Å². The van der Waals surface area contributed by atoms with Crippen LogP contribution in [0.5, 0.6) is 17.2 Å². The van der Waals surface area contributed by atoms with Crippen molar-refractivity contribution in [1.82, 2.24) is 5.32 Å². The van der Waals surface area contributed by atoms with Crippen molar-refractivity contribution < 1.29 is 19.4 Å². The highest BCUT2D eigenvalue weighted by atomic mass is 32.2. The van der Waals surface area contributed by atoms with Crippen LogP contribution in [0.3, 0.4) is 0 Å². The van der Waals surface area contributed by atoms with E-state index < -0.39 is 0 Å². The number of carbonyl (C=O) groups is 1. The van der Waals surface area contributed by atoms with E-state index in [2.05, 4.69) is 5.32 Å². The number of thioether (sulfide) groups is 1. The Labute approximate surface area is 179 Å². The van der Waals surface area contributed by atoms with Crippen LogP contribution < -0.4 is 20.2 Å². The number of amides is 1. The molecule has 1 atom stereocenters. The number of hydrogen-bond acceptors (Lipinski definition) is 6. The van der Waals surface area contributed by atoms with Gasteiger partial charge in [-0.25, -0.2) is 0 Å². The van der Waals surface area contributed by atoms with E-state index in [4.69, 9.17) is 9.47 Å². The molecule has 0 radical (unpaired) electrons. The van der Waals surface area contributed by atoms with E-state index in [1.807, 2.05) is 18.4 Å². The molecule has 0 heterocycles. The van der Waals surface area contributed by atoms with E-state index in [1.54, 1.807) is 25.1 Å². The van der Waals surface area contributed by atoms with Gasteiger partial charge in [0.2, 0.25) is 11.7 Å². The standard InChI is InChI=1S/C23H25NO5S/c1-5-6-20(26)24-16-9-7-13-11-18(28-2)23(29-3)22(27)21(13)14-8-10-19(30-4)17(25)12-15(14)16/h5-6,8,10-12,16,27H,7,9H2,1-4H3,(H,24,26)/t16-/m0/s1. The van der Waals surface area contributed by atoms with Crippen molar-refractivity contribution in [2.45, 2.75) is 30.7 Å². The molecule has 2 aromatic rings. The number of allylic oxidation sites excluding steroid dienone is 1. The fourth-order valence-corrected chi connectivity index (χ4v) is 4.28. The van der Waals surface area contributed by atoms with Crippen LogP contribution in [0.25, 0.3) is 11.1 Å². The number of phenols is 1. The van der Waals surface area contributed by atoms with Gasteiger partial charge in [0, 0.05) is 5.56 Å². The lowest BCUT2D eigenvalue weighted by Gasteiger charge is -2.18. The lowest BCUT2D eigenvalue weighted by atomic mass is 9.95. The van der Waals surface area contributed by atoms with Gasteiger partial charge in [-0.3, -0.25) is 9.59 Å². The fourth-order valence-electron chi connectivity index (χ4n) is 3.81. The molecule has 0 fully saturated rings. The predicted octanol–water partition coefficient (Wildman–Crippen LogP) is 3.84. The van der Waals surface area contributed by atoms with Crippen molar-refractivity contribution in [2.24, 2.45) is 0 Å². The van der Waals surface area contributed by atoms with Crippen LogP contribution in [0, 0.1) is 0 Å². The van der Waals surface area contributed by atoms with E-state index in [0.717, 1.165) is 5.56 Å². The molecule has 6 nitrogen and oxygen atoms in total. The van der Waals surface area contributed by atoms with E-state index in [1.165, 1.54) is 32.1 Å². The Kier molecular flexibility index (Phi) is 6.72. The molecule has 0 spiro atoms. The largest absolute Gasteiger partial charge is 0.504 e. The van der Waals surface area contributed by atoms with Crippen LogP contribution >= 0.6 is 11.8 Å². The summed E-state index contributed by atoms with van der Waals surface area (Å²) in [4.78, 5) is 25.6. The molecule has 2 N–H and O–H groups in total. The van der Waals surface area contributed by atoms with Crippen LogP contribution in [-0.2, 0) is 11.2 Å². The number of phenolic OH excluding ortho intramolecular Hbond substituents is 1. The lowest BCUT2D eigenvalue weighted by molar-refractivity contribution is -0.117. The smallest absolute Gasteiger partial charge is 0.244 e. The Morgan fingerprint density at radius 1 is 1.27 bits per heavy atom. The average Bonchev–Trinajstić information content (AvgIpc) is 2.97. The maximum atomic E-state index is 12.8. The normalized spacial score (nSPS) is 15.1. The zero-order valence-corrected chi connectivity index (χ0v) is 18.3. The number of methoxy groups -OCH3 is 2. The molecular weight excluding hydrogens is 402 g/mol. The SMILES string of the molecule is CC=CC(=O)N[C@H]1CCc2cc(OC)c(OC)c(O)c2-c2ccc(SC)c(=O)cc21. The molecule has 30 heavy (non-hydrogen) atoms. The number of aromatic hydroxyl groups is 1. The van der Waals surface area contributed by atoms with Crippen LogP contribution in [0.1, 0.15) is 30.5 Å². The van der Waals surface area contributed by atoms with Crippen LogP contribution in [0.4, 0.5) is 0 Å². The first-order valence-corrected chi connectivity index (χ1v) is 10.8. The molecule has 0 aliphatic heterocycles. The third-order valence-corrected chi connectivity index (χ3v) is 5.95. The van der Waals surface area contributed by atoms with Gasteiger partial charge >= 0.3 is 0 Å². The average molecular weight is 428 g/mol. The maximum Gasteiger partial charge on any atom is 0.244 e. The number of aryl methyl sites for hydroxylation is 1. The number of benzene rings is 1. The quantitative estimate of drug-likeness (QED) is 0.557. The molecule has 7 heteroatoms. The van der Waals surface area contributed by atoms with Crippen molar-refractivity contribution in [1.29, 1.82) is 0 Å². The van der Waals surface area contributed by atoms with Gasteiger partial charge in [0.25, 0.3) is 0 Å². The number of ether oxygens (including phenoxy) is 2. The van der Waals surface area contributed by atoms with Crippen LogP contribution in [-0.4, -0.2) is 31.5 Å². The summed E-state index contributed by atoms with van der Waals surface area (Å²) in [5.74, 6) is 0.389.